The number of allylic oxidation sites excluding steroid dienone is 1. The minimum Gasteiger partial charge on any atom is -0.476 e. The molecule has 2 rings (SSSR count). The van der Waals surface area contributed by atoms with Crippen LogP contribution in [0.25, 0.3) is 10.9 Å². The molecular formula is C12H11ClN2O2. The summed E-state index contributed by atoms with van der Waals surface area (Å²) in [5.41, 5.74) is 3.25. The molecule has 88 valence electrons. The lowest BCUT2D eigenvalue weighted by Gasteiger charge is -2.02. The number of aromatic nitrogens is 2. The first kappa shape index (κ1) is 11.7. The van der Waals surface area contributed by atoms with Crippen molar-refractivity contribution in [3.05, 3.63) is 41.1 Å². The molecule has 0 saturated carbocycles. The highest BCUT2D eigenvalue weighted by Gasteiger charge is 2.15. The molecule has 17 heavy (non-hydrogen) atoms. The fourth-order valence-electron chi connectivity index (χ4n) is 1.68. The summed E-state index contributed by atoms with van der Waals surface area (Å²) < 4.78 is 1.65. The minimum atomic E-state index is -1.02. The summed E-state index contributed by atoms with van der Waals surface area (Å²) in [6, 6.07) is 7.25. The van der Waals surface area contributed by atoms with Gasteiger partial charge < -0.3 is 5.11 Å². The second-order valence-electron chi connectivity index (χ2n) is 3.78. The van der Waals surface area contributed by atoms with E-state index in [9.17, 15) is 4.79 Å². The summed E-state index contributed by atoms with van der Waals surface area (Å²) in [5.74, 6) is -1.02. The lowest BCUT2D eigenvalue weighted by Crippen LogP contribution is -2.04. The first-order chi connectivity index (χ1) is 8.13. The lowest BCUT2D eigenvalue weighted by molar-refractivity contribution is 0.0691. The van der Waals surface area contributed by atoms with Gasteiger partial charge in [0.05, 0.1) is 12.1 Å². The maximum atomic E-state index is 11.1. The molecule has 0 radical (unpaired) electrons. The molecule has 0 aliphatic rings. The molecule has 0 bridgehead atoms. The molecule has 1 aromatic heterocycles. The Morgan fingerprint density at radius 1 is 1.53 bits per heavy atom. The number of carboxylic acids is 1. The number of benzene rings is 1. The van der Waals surface area contributed by atoms with Gasteiger partial charge in [-0.25, -0.2) is 4.79 Å². The van der Waals surface area contributed by atoms with Crippen LogP contribution in [-0.4, -0.2) is 20.9 Å². The second kappa shape index (κ2) is 4.59. The van der Waals surface area contributed by atoms with E-state index >= 15 is 0 Å². The molecule has 0 aliphatic carbocycles. The van der Waals surface area contributed by atoms with Crippen molar-refractivity contribution in [2.24, 2.45) is 0 Å². The average Bonchev–Trinajstić information content (AvgIpc) is 2.68. The van der Waals surface area contributed by atoms with Crippen molar-refractivity contribution in [1.29, 1.82) is 0 Å². The van der Waals surface area contributed by atoms with Crippen LogP contribution in [0.3, 0.4) is 0 Å². The van der Waals surface area contributed by atoms with Crippen molar-refractivity contribution >= 4 is 28.5 Å². The minimum absolute atomic E-state index is 0.0722. The van der Waals surface area contributed by atoms with E-state index in [2.05, 4.69) is 5.10 Å². The summed E-state index contributed by atoms with van der Waals surface area (Å²) in [4.78, 5) is 11.1. The number of nitrogens with zero attached hydrogens (tertiary/aromatic N) is 2. The van der Waals surface area contributed by atoms with Crippen LogP contribution in [0.2, 0.25) is 0 Å². The van der Waals surface area contributed by atoms with E-state index in [4.69, 9.17) is 16.7 Å². The van der Waals surface area contributed by atoms with Crippen molar-refractivity contribution in [2.75, 3.05) is 0 Å². The molecule has 5 heteroatoms. The normalized spacial score (nSPS) is 12.0. The Labute approximate surface area is 103 Å². The van der Waals surface area contributed by atoms with Gasteiger partial charge in [0.2, 0.25) is 0 Å². The molecule has 1 aromatic carbocycles. The number of hydrogen-bond donors (Lipinski definition) is 1. The van der Waals surface area contributed by atoms with Gasteiger partial charge >= 0.3 is 5.97 Å². The molecule has 0 atom stereocenters. The molecule has 1 N–H and O–H groups in total. The van der Waals surface area contributed by atoms with Crippen LogP contribution in [0, 0.1) is 0 Å². The number of carbonyl (C=O) groups is 1. The lowest BCUT2D eigenvalue weighted by atomic mass is 10.2. The highest BCUT2D eigenvalue weighted by atomic mass is 35.5. The first-order valence-electron chi connectivity index (χ1n) is 5.08. The quantitative estimate of drug-likeness (QED) is 0.911. The van der Waals surface area contributed by atoms with E-state index in [-0.39, 0.29) is 5.69 Å². The van der Waals surface area contributed by atoms with Crippen molar-refractivity contribution in [3.63, 3.8) is 0 Å². The van der Waals surface area contributed by atoms with E-state index in [1.54, 1.807) is 16.8 Å². The van der Waals surface area contributed by atoms with Gasteiger partial charge in [0.25, 0.3) is 0 Å². The predicted molar refractivity (Wildman–Crippen MR) is 66.3 cm³/mol. The Hall–Kier alpha value is -1.81. The first-order valence-corrected chi connectivity index (χ1v) is 5.52. The van der Waals surface area contributed by atoms with Crippen LogP contribution in [-0.2, 0) is 6.54 Å². The number of para-hydroxylation sites is 1. The average molecular weight is 251 g/mol. The Kier molecular flexibility index (Phi) is 3.15. The Balaban J connectivity index is 2.60. The molecule has 0 fully saturated rings. The summed E-state index contributed by atoms with van der Waals surface area (Å²) in [6.07, 6.45) is 0. The number of hydrogen-bond acceptors (Lipinski definition) is 2. The van der Waals surface area contributed by atoms with E-state index in [1.807, 2.05) is 19.1 Å². The third-order valence-electron chi connectivity index (χ3n) is 2.45. The molecular weight excluding hydrogens is 240 g/mol. The SMILES string of the molecule is C/C(=C/Cl)Cn1nc(C(=O)O)c2ccccc21. The monoisotopic (exact) mass is 250 g/mol. The van der Waals surface area contributed by atoms with Gasteiger partial charge in [-0.2, -0.15) is 5.10 Å². The number of aromatic carboxylic acids is 1. The van der Waals surface area contributed by atoms with Gasteiger partial charge in [0.1, 0.15) is 0 Å². The predicted octanol–water partition coefficient (Wildman–Crippen LogP) is 2.88. The van der Waals surface area contributed by atoms with Crippen molar-refractivity contribution in [2.45, 2.75) is 13.5 Å². The molecule has 0 amide bonds. The summed E-state index contributed by atoms with van der Waals surface area (Å²) in [7, 11) is 0. The van der Waals surface area contributed by atoms with Crippen molar-refractivity contribution in [1.82, 2.24) is 9.78 Å². The van der Waals surface area contributed by atoms with E-state index < -0.39 is 5.97 Å². The highest BCUT2D eigenvalue weighted by Crippen LogP contribution is 2.19. The molecule has 0 spiro atoms. The fraction of sp³-hybridized carbons (Fsp3) is 0.167. The third kappa shape index (κ3) is 2.17. The fourth-order valence-corrected chi connectivity index (χ4v) is 1.75. The largest absolute Gasteiger partial charge is 0.476 e. The number of rotatable bonds is 3. The Morgan fingerprint density at radius 2 is 2.24 bits per heavy atom. The smallest absolute Gasteiger partial charge is 0.357 e. The van der Waals surface area contributed by atoms with Crippen molar-refractivity contribution < 1.29 is 9.90 Å². The van der Waals surface area contributed by atoms with Crippen LogP contribution in [0.15, 0.2) is 35.4 Å². The molecule has 0 unspecified atom stereocenters. The van der Waals surface area contributed by atoms with Gasteiger partial charge in [-0.1, -0.05) is 29.8 Å². The van der Waals surface area contributed by atoms with Gasteiger partial charge in [0.15, 0.2) is 5.69 Å². The maximum absolute atomic E-state index is 11.1. The van der Waals surface area contributed by atoms with E-state index in [1.165, 1.54) is 5.54 Å². The van der Waals surface area contributed by atoms with Crippen LogP contribution in [0.1, 0.15) is 17.4 Å². The topological polar surface area (TPSA) is 55.1 Å². The van der Waals surface area contributed by atoms with Crippen LogP contribution in [0.5, 0.6) is 0 Å². The van der Waals surface area contributed by atoms with Crippen LogP contribution in [0.4, 0.5) is 0 Å². The molecule has 2 aromatic rings. The van der Waals surface area contributed by atoms with Crippen LogP contribution >= 0.6 is 11.6 Å². The highest BCUT2D eigenvalue weighted by molar-refractivity contribution is 6.25. The number of halogens is 1. The summed E-state index contributed by atoms with van der Waals surface area (Å²) in [6.45, 7) is 2.35. The second-order valence-corrected chi connectivity index (χ2v) is 4.00. The molecule has 0 saturated heterocycles. The Bertz CT molecular complexity index is 602. The summed E-state index contributed by atoms with van der Waals surface area (Å²) >= 11 is 5.60. The van der Waals surface area contributed by atoms with E-state index in [0.29, 0.717) is 11.9 Å². The Morgan fingerprint density at radius 3 is 2.88 bits per heavy atom. The number of fused-ring (bicyclic) bond motifs is 1. The van der Waals surface area contributed by atoms with Gasteiger partial charge in [-0.3, -0.25) is 4.68 Å². The van der Waals surface area contributed by atoms with E-state index in [0.717, 1.165) is 11.1 Å². The summed E-state index contributed by atoms with van der Waals surface area (Å²) in [5, 5.41) is 13.8. The standard InChI is InChI=1S/C12H11ClN2O2/c1-8(6-13)7-15-10-5-3-2-4-9(10)11(14-15)12(16)17/h2-6H,7H2,1H3,(H,16,17)/b8-6-. The molecule has 4 nitrogen and oxygen atoms in total. The van der Waals surface area contributed by atoms with Crippen molar-refractivity contribution in [3.8, 4) is 0 Å². The number of carboxylic acid groups (broad SMARTS) is 1. The zero-order valence-corrected chi connectivity index (χ0v) is 9.98. The van der Waals surface area contributed by atoms with Crippen LogP contribution < -0.4 is 0 Å². The zero-order chi connectivity index (χ0) is 12.4. The van der Waals surface area contributed by atoms with Gasteiger partial charge in [0, 0.05) is 10.9 Å². The maximum Gasteiger partial charge on any atom is 0.357 e. The third-order valence-corrected chi connectivity index (χ3v) is 2.82. The zero-order valence-electron chi connectivity index (χ0n) is 9.22. The van der Waals surface area contributed by atoms with Gasteiger partial charge in [-0.15, -0.1) is 0 Å². The molecule has 0 aliphatic heterocycles. The molecule has 1 heterocycles. The van der Waals surface area contributed by atoms with Gasteiger partial charge in [-0.05, 0) is 18.6 Å².